The molecule has 2 aromatic rings. The molecule has 232 valence electrons. The molecule has 0 aliphatic carbocycles. The van der Waals surface area contributed by atoms with Crippen molar-refractivity contribution >= 4 is 5.82 Å². The fourth-order valence-corrected chi connectivity index (χ4v) is 6.49. The molecule has 0 radical (unpaired) electrons. The quantitative estimate of drug-likeness (QED) is 0.252. The van der Waals surface area contributed by atoms with Gasteiger partial charge in [-0.25, -0.2) is 9.37 Å². The van der Waals surface area contributed by atoms with Crippen molar-refractivity contribution < 1.29 is 33.6 Å². The van der Waals surface area contributed by atoms with Crippen LogP contribution in [0.25, 0.3) is 0 Å². The topological polar surface area (TPSA) is 106 Å². The third-order valence-electron chi connectivity index (χ3n) is 9.08. The highest BCUT2D eigenvalue weighted by molar-refractivity contribution is 5.54. The van der Waals surface area contributed by atoms with Gasteiger partial charge in [-0.3, -0.25) is 4.90 Å². The lowest BCUT2D eigenvalue weighted by molar-refractivity contribution is -0.121. The number of fused-ring (bicyclic) bond motifs is 2. The van der Waals surface area contributed by atoms with E-state index in [1.54, 1.807) is 14.2 Å². The first-order chi connectivity index (χ1) is 20.2. The number of aryl methyl sites for hydroxylation is 1. The minimum Gasteiger partial charge on any atom is -0.496 e. The first-order valence-corrected chi connectivity index (χ1v) is 15.2. The maximum absolute atomic E-state index is 14.7. The number of nitrogens with one attached hydrogen (secondary N) is 1. The molecule has 0 bridgehead atoms. The second-order valence-electron chi connectivity index (χ2n) is 12.2. The molecule has 3 aliphatic heterocycles. The molecule has 0 spiro atoms. The van der Waals surface area contributed by atoms with Crippen molar-refractivity contribution in [2.24, 2.45) is 0 Å². The number of benzene rings is 1. The normalized spacial score (nSPS) is 21.6. The summed E-state index contributed by atoms with van der Waals surface area (Å²) in [5.41, 5.74) is 3.89. The summed E-state index contributed by atoms with van der Waals surface area (Å²) >= 11 is 0. The van der Waals surface area contributed by atoms with E-state index in [1.165, 1.54) is 17.7 Å². The maximum atomic E-state index is 14.7. The number of anilines is 1. The molecular weight excluding hydrogens is 541 g/mol. The van der Waals surface area contributed by atoms with Gasteiger partial charge in [-0.2, -0.15) is 0 Å². The van der Waals surface area contributed by atoms with Gasteiger partial charge in [0.15, 0.2) is 6.29 Å². The Labute approximate surface area is 248 Å². The number of likely N-dealkylation sites (tertiary alicyclic amines) is 1. The number of ether oxygens (including phenoxy) is 4. The summed E-state index contributed by atoms with van der Waals surface area (Å²) in [6.45, 7) is 6.91. The zero-order chi connectivity index (χ0) is 29.9. The predicted molar refractivity (Wildman–Crippen MR) is 157 cm³/mol. The smallest absolute Gasteiger partial charge is 0.171 e. The number of pyridine rings is 1. The molecule has 1 aromatic heterocycles. The van der Waals surface area contributed by atoms with Gasteiger partial charge < -0.3 is 34.5 Å². The standard InChI is InChI=1S/C32H46FN3O6/c1-32(2,40-4)28-17-25-20(19-42-28)14-21(33)15-26(25)29(31(37)38)36-12-10-23(18-36)41-13-6-5-8-22-16-27(39-3)24-9-7-11-34-30(24)35-22/h14-16,23,28-29,31,37-38H,5-13,17-19H2,1-4H3,(H,34,35)/t23-,28?,29?/m1/s1. The van der Waals surface area contributed by atoms with Crippen LogP contribution in [0.15, 0.2) is 18.2 Å². The molecule has 42 heavy (non-hydrogen) atoms. The Bertz CT molecular complexity index is 1210. The van der Waals surface area contributed by atoms with E-state index in [2.05, 4.69) is 11.4 Å². The van der Waals surface area contributed by atoms with Crippen LogP contribution in [0, 0.1) is 5.82 Å². The van der Waals surface area contributed by atoms with Crippen molar-refractivity contribution in [1.82, 2.24) is 9.88 Å². The molecule has 9 nitrogen and oxygen atoms in total. The molecule has 0 saturated carbocycles. The van der Waals surface area contributed by atoms with Crippen LogP contribution >= 0.6 is 0 Å². The summed E-state index contributed by atoms with van der Waals surface area (Å²) in [5, 5.41) is 24.4. The SMILES string of the molecule is COc1cc(CCCCO[C@@H]2CCN(C(c3cc(F)cc4c3CC(C(C)(C)OC)OC4)C(O)O)C2)nc2c1CCCN2. The van der Waals surface area contributed by atoms with E-state index in [1.807, 2.05) is 18.7 Å². The molecule has 4 heterocycles. The molecule has 10 heteroatoms. The van der Waals surface area contributed by atoms with Gasteiger partial charge in [0.1, 0.15) is 17.4 Å². The largest absolute Gasteiger partial charge is 0.496 e. The Morgan fingerprint density at radius 2 is 2.02 bits per heavy atom. The number of aromatic nitrogens is 1. The Morgan fingerprint density at radius 1 is 1.19 bits per heavy atom. The second-order valence-corrected chi connectivity index (χ2v) is 12.2. The Morgan fingerprint density at radius 3 is 2.79 bits per heavy atom. The van der Waals surface area contributed by atoms with Crippen LogP contribution in [0.5, 0.6) is 5.75 Å². The van der Waals surface area contributed by atoms with Gasteiger partial charge in [-0.05, 0) is 81.2 Å². The number of methoxy groups -OCH3 is 2. The maximum Gasteiger partial charge on any atom is 0.171 e. The van der Waals surface area contributed by atoms with Crippen LogP contribution in [0.4, 0.5) is 10.2 Å². The molecule has 1 aromatic carbocycles. The third-order valence-corrected chi connectivity index (χ3v) is 9.08. The van der Waals surface area contributed by atoms with Crippen LogP contribution in [0.3, 0.4) is 0 Å². The number of rotatable bonds is 12. The molecule has 1 fully saturated rings. The first kappa shape index (κ1) is 31.1. The lowest BCUT2D eigenvalue weighted by Gasteiger charge is -2.39. The van der Waals surface area contributed by atoms with Crippen molar-refractivity contribution in [3.63, 3.8) is 0 Å². The third kappa shape index (κ3) is 6.90. The van der Waals surface area contributed by atoms with Gasteiger partial charge in [0.25, 0.3) is 0 Å². The fourth-order valence-electron chi connectivity index (χ4n) is 6.49. The molecular formula is C32H46FN3O6. The number of halogens is 1. The summed E-state index contributed by atoms with van der Waals surface area (Å²) in [4.78, 5) is 6.81. The Balaban J connectivity index is 1.17. The van der Waals surface area contributed by atoms with Gasteiger partial charge in [-0.1, -0.05) is 0 Å². The van der Waals surface area contributed by atoms with E-state index in [0.717, 1.165) is 73.5 Å². The fraction of sp³-hybridized carbons (Fsp3) is 0.656. The Hall–Kier alpha value is -2.34. The van der Waals surface area contributed by atoms with Crippen molar-refractivity contribution in [2.75, 3.05) is 45.8 Å². The van der Waals surface area contributed by atoms with Crippen LogP contribution in [0.2, 0.25) is 0 Å². The van der Waals surface area contributed by atoms with E-state index in [9.17, 15) is 14.6 Å². The van der Waals surface area contributed by atoms with E-state index < -0.39 is 23.8 Å². The van der Waals surface area contributed by atoms with E-state index in [4.69, 9.17) is 23.9 Å². The molecule has 3 atom stereocenters. The van der Waals surface area contributed by atoms with Crippen LogP contribution < -0.4 is 10.1 Å². The highest BCUT2D eigenvalue weighted by Crippen LogP contribution is 2.38. The Kier molecular flexibility index (Phi) is 10.0. The van der Waals surface area contributed by atoms with Crippen LogP contribution in [0.1, 0.15) is 73.5 Å². The van der Waals surface area contributed by atoms with E-state index in [-0.39, 0.29) is 18.8 Å². The van der Waals surface area contributed by atoms with Crippen molar-refractivity contribution in [2.45, 2.75) is 95.5 Å². The van der Waals surface area contributed by atoms with Crippen LogP contribution in [-0.4, -0.2) is 84.7 Å². The summed E-state index contributed by atoms with van der Waals surface area (Å²) in [6.07, 6.45) is 4.12. The van der Waals surface area contributed by atoms with Crippen molar-refractivity contribution in [3.8, 4) is 5.75 Å². The van der Waals surface area contributed by atoms with E-state index >= 15 is 0 Å². The zero-order valence-electron chi connectivity index (χ0n) is 25.3. The monoisotopic (exact) mass is 587 g/mol. The number of aliphatic hydroxyl groups is 2. The van der Waals surface area contributed by atoms with Gasteiger partial charge in [0, 0.05) is 57.1 Å². The van der Waals surface area contributed by atoms with Crippen molar-refractivity contribution in [1.29, 1.82) is 0 Å². The number of hydrogen-bond donors (Lipinski definition) is 3. The molecule has 1 saturated heterocycles. The molecule has 3 N–H and O–H groups in total. The average molecular weight is 588 g/mol. The van der Waals surface area contributed by atoms with Gasteiger partial charge in [0.2, 0.25) is 0 Å². The van der Waals surface area contributed by atoms with Crippen LogP contribution in [-0.2, 0) is 40.1 Å². The number of hydrogen-bond acceptors (Lipinski definition) is 9. The van der Waals surface area contributed by atoms with Gasteiger partial charge in [-0.15, -0.1) is 0 Å². The molecule has 3 aliphatic rings. The van der Waals surface area contributed by atoms with Gasteiger partial charge in [0.05, 0.1) is 37.6 Å². The molecule has 0 amide bonds. The minimum absolute atomic E-state index is 0.0229. The molecule has 2 unspecified atom stereocenters. The molecule has 5 rings (SSSR count). The lowest BCUT2D eigenvalue weighted by Crippen LogP contribution is -2.44. The first-order valence-electron chi connectivity index (χ1n) is 15.2. The predicted octanol–water partition coefficient (Wildman–Crippen LogP) is 3.92. The number of aliphatic hydroxyl groups excluding tert-OH is 1. The number of nitrogens with zero attached hydrogens (tertiary/aromatic N) is 2. The summed E-state index contributed by atoms with van der Waals surface area (Å²) in [7, 11) is 3.36. The summed E-state index contributed by atoms with van der Waals surface area (Å²) < 4.78 is 38.2. The summed E-state index contributed by atoms with van der Waals surface area (Å²) in [6, 6.07) is 4.22. The van der Waals surface area contributed by atoms with E-state index in [0.29, 0.717) is 31.7 Å². The number of unbranched alkanes of at least 4 members (excludes halogenated alkanes) is 1. The zero-order valence-corrected chi connectivity index (χ0v) is 25.3. The highest BCUT2D eigenvalue weighted by atomic mass is 19.1. The van der Waals surface area contributed by atoms with Gasteiger partial charge >= 0.3 is 0 Å². The summed E-state index contributed by atoms with van der Waals surface area (Å²) in [5.74, 6) is 1.45. The highest BCUT2D eigenvalue weighted by Gasteiger charge is 2.39. The lowest BCUT2D eigenvalue weighted by atomic mass is 9.85. The van der Waals surface area contributed by atoms with Crippen molar-refractivity contribution in [3.05, 3.63) is 52.0 Å². The average Bonchev–Trinajstić information content (AvgIpc) is 3.44. The minimum atomic E-state index is -1.66. The second kappa shape index (κ2) is 13.5.